The molecule has 2 N–H and O–H groups in total. The third-order valence-corrected chi connectivity index (χ3v) is 5.24. The molecule has 0 aliphatic carbocycles. The highest BCUT2D eigenvalue weighted by atomic mass is 16.4. The lowest BCUT2D eigenvalue weighted by Gasteiger charge is -2.38. The van der Waals surface area contributed by atoms with E-state index in [0.717, 1.165) is 36.3 Å². The second kappa shape index (κ2) is 8.17. The zero-order chi connectivity index (χ0) is 19.3. The molecular formula is C22H24N4O2. The van der Waals surface area contributed by atoms with Gasteiger partial charge in [-0.3, -0.25) is 0 Å². The number of carboxylic acid groups (broad SMARTS) is 1. The van der Waals surface area contributed by atoms with Crippen molar-refractivity contribution in [1.82, 2.24) is 14.7 Å². The average Bonchev–Trinajstić information content (AvgIpc) is 3.18. The molecule has 1 aromatic heterocycles. The number of piperidine rings is 1. The second-order valence-electron chi connectivity index (χ2n) is 7.17. The number of amides is 1. The first-order chi connectivity index (χ1) is 13.7. The number of hydrogen-bond donors (Lipinski definition) is 2. The Balaban J connectivity index is 1.44. The summed E-state index contributed by atoms with van der Waals surface area (Å²) in [4.78, 5) is 13.2. The molecule has 144 valence electrons. The van der Waals surface area contributed by atoms with Crippen molar-refractivity contribution in [2.45, 2.75) is 31.3 Å². The minimum atomic E-state index is -0.840. The smallest absolute Gasteiger partial charge is 0.407 e. The third kappa shape index (κ3) is 4.17. The first-order valence-electron chi connectivity index (χ1n) is 9.60. The van der Waals surface area contributed by atoms with Gasteiger partial charge in [-0.1, -0.05) is 48.5 Å². The Kier molecular flexibility index (Phi) is 5.28. The van der Waals surface area contributed by atoms with Crippen molar-refractivity contribution in [2.24, 2.45) is 0 Å². The van der Waals surface area contributed by atoms with Crippen LogP contribution in [0.25, 0.3) is 5.69 Å². The van der Waals surface area contributed by atoms with Crippen molar-refractivity contribution in [3.05, 3.63) is 78.5 Å². The average molecular weight is 376 g/mol. The highest BCUT2D eigenvalue weighted by Crippen LogP contribution is 2.24. The van der Waals surface area contributed by atoms with E-state index in [2.05, 4.69) is 22.5 Å². The molecule has 6 heteroatoms. The fraction of sp³-hybridized carbons (Fsp3) is 0.273. The van der Waals surface area contributed by atoms with Crippen molar-refractivity contribution in [3.63, 3.8) is 0 Å². The number of hydrogen-bond acceptors (Lipinski definition) is 3. The maximum Gasteiger partial charge on any atom is 0.407 e. The first kappa shape index (κ1) is 18.1. The van der Waals surface area contributed by atoms with E-state index in [-0.39, 0.29) is 12.1 Å². The van der Waals surface area contributed by atoms with Crippen LogP contribution in [-0.2, 0) is 6.42 Å². The molecule has 6 nitrogen and oxygen atoms in total. The lowest BCUT2D eigenvalue weighted by atomic mass is 9.92. The van der Waals surface area contributed by atoms with Gasteiger partial charge in [0, 0.05) is 30.9 Å². The Morgan fingerprint density at radius 2 is 1.79 bits per heavy atom. The zero-order valence-corrected chi connectivity index (χ0v) is 15.6. The molecule has 0 spiro atoms. The Morgan fingerprint density at radius 1 is 1.07 bits per heavy atom. The van der Waals surface area contributed by atoms with E-state index in [1.165, 1.54) is 0 Å². The molecule has 2 aromatic carbocycles. The molecular weight excluding hydrogens is 352 g/mol. The molecule has 28 heavy (non-hydrogen) atoms. The van der Waals surface area contributed by atoms with Crippen LogP contribution in [0.5, 0.6) is 0 Å². The number of benzene rings is 2. The van der Waals surface area contributed by atoms with Crippen LogP contribution in [0.2, 0.25) is 0 Å². The van der Waals surface area contributed by atoms with Gasteiger partial charge in [-0.05, 0) is 37.0 Å². The summed E-state index contributed by atoms with van der Waals surface area (Å²) in [5.41, 5.74) is 2.17. The molecule has 2 atom stereocenters. The van der Waals surface area contributed by atoms with E-state index in [9.17, 15) is 9.90 Å². The lowest BCUT2D eigenvalue weighted by molar-refractivity contribution is 0.103. The number of rotatable bonds is 5. The molecule has 2 unspecified atom stereocenters. The number of nitrogens with zero attached hydrogens (tertiary/aromatic N) is 3. The predicted octanol–water partition coefficient (Wildman–Crippen LogP) is 4.04. The van der Waals surface area contributed by atoms with Crippen LogP contribution < -0.4 is 5.32 Å². The molecule has 1 aliphatic heterocycles. The molecule has 4 rings (SSSR count). The number of para-hydroxylation sites is 1. The topological polar surface area (TPSA) is 70.4 Å². The Bertz CT molecular complexity index is 911. The standard InChI is InChI=1S/C22H24N4O2/c27-22(28)25-13-11-18(16-20(25)15-17-7-3-1-4-8-17)23-21-12-14-26(24-21)19-9-5-2-6-10-19/h1-10,12,14,18,20H,11,13,15-16H2,(H,23,24)(H,27,28). The van der Waals surface area contributed by atoms with E-state index in [0.29, 0.717) is 6.54 Å². The van der Waals surface area contributed by atoms with Gasteiger partial charge in [0.25, 0.3) is 0 Å². The van der Waals surface area contributed by atoms with Crippen LogP contribution in [-0.4, -0.2) is 44.5 Å². The van der Waals surface area contributed by atoms with Gasteiger partial charge >= 0.3 is 6.09 Å². The van der Waals surface area contributed by atoms with Gasteiger partial charge in [0.1, 0.15) is 5.82 Å². The number of likely N-dealkylation sites (tertiary alicyclic amines) is 1. The molecule has 1 aliphatic rings. The van der Waals surface area contributed by atoms with Crippen molar-refractivity contribution >= 4 is 11.9 Å². The molecule has 3 aromatic rings. The van der Waals surface area contributed by atoms with Gasteiger partial charge in [0.15, 0.2) is 0 Å². The Hall–Kier alpha value is -3.28. The summed E-state index contributed by atoms with van der Waals surface area (Å²) >= 11 is 0. The summed E-state index contributed by atoms with van der Waals surface area (Å²) in [5.74, 6) is 0.816. The number of nitrogens with one attached hydrogen (secondary N) is 1. The van der Waals surface area contributed by atoms with Crippen LogP contribution in [0.15, 0.2) is 72.9 Å². The number of aromatic nitrogens is 2. The fourth-order valence-corrected chi connectivity index (χ4v) is 3.85. The quantitative estimate of drug-likeness (QED) is 0.705. The normalized spacial score (nSPS) is 19.4. The fourth-order valence-electron chi connectivity index (χ4n) is 3.85. The van der Waals surface area contributed by atoms with Gasteiger partial charge in [-0.25, -0.2) is 9.48 Å². The van der Waals surface area contributed by atoms with Gasteiger partial charge in [-0.2, -0.15) is 5.10 Å². The first-order valence-corrected chi connectivity index (χ1v) is 9.60. The van der Waals surface area contributed by atoms with Gasteiger partial charge < -0.3 is 15.3 Å². The van der Waals surface area contributed by atoms with Crippen molar-refractivity contribution < 1.29 is 9.90 Å². The number of anilines is 1. The van der Waals surface area contributed by atoms with Gasteiger partial charge in [0.2, 0.25) is 0 Å². The minimum absolute atomic E-state index is 0.0395. The molecule has 1 amide bonds. The molecule has 0 radical (unpaired) electrons. The van der Waals surface area contributed by atoms with Crippen molar-refractivity contribution in [3.8, 4) is 5.69 Å². The van der Waals surface area contributed by atoms with Crippen LogP contribution in [0.3, 0.4) is 0 Å². The zero-order valence-electron chi connectivity index (χ0n) is 15.6. The van der Waals surface area contributed by atoms with E-state index in [1.807, 2.05) is 65.5 Å². The predicted molar refractivity (Wildman–Crippen MR) is 109 cm³/mol. The van der Waals surface area contributed by atoms with Crippen molar-refractivity contribution in [2.75, 3.05) is 11.9 Å². The summed E-state index contributed by atoms with van der Waals surface area (Å²) in [5, 5.41) is 17.7. The highest BCUT2D eigenvalue weighted by Gasteiger charge is 2.31. The third-order valence-electron chi connectivity index (χ3n) is 5.24. The highest BCUT2D eigenvalue weighted by molar-refractivity contribution is 5.65. The van der Waals surface area contributed by atoms with Crippen LogP contribution in [0.1, 0.15) is 18.4 Å². The molecule has 1 fully saturated rings. The van der Waals surface area contributed by atoms with Crippen molar-refractivity contribution in [1.29, 1.82) is 0 Å². The van der Waals surface area contributed by atoms with Gasteiger partial charge in [-0.15, -0.1) is 0 Å². The summed E-state index contributed by atoms with van der Waals surface area (Å²) < 4.78 is 1.84. The van der Waals surface area contributed by atoms with E-state index in [4.69, 9.17) is 0 Å². The minimum Gasteiger partial charge on any atom is -0.465 e. The lowest BCUT2D eigenvalue weighted by Crippen LogP contribution is -2.49. The largest absolute Gasteiger partial charge is 0.465 e. The summed E-state index contributed by atoms with van der Waals surface area (Å²) in [6.45, 7) is 0.532. The maximum atomic E-state index is 11.7. The molecule has 2 heterocycles. The molecule has 0 bridgehead atoms. The Morgan fingerprint density at radius 3 is 2.50 bits per heavy atom. The summed E-state index contributed by atoms with van der Waals surface area (Å²) in [6.07, 6.45) is 3.36. The molecule has 0 saturated carbocycles. The van der Waals surface area contributed by atoms with Crippen LogP contribution in [0, 0.1) is 0 Å². The second-order valence-corrected chi connectivity index (χ2v) is 7.17. The summed E-state index contributed by atoms with van der Waals surface area (Å²) in [6, 6.07) is 22.2. The SMILES string of the molecule is O=C(O)N1CCC(Nc2ccn(-c3ccccc3)n2)CC1Cc1ccccc1. The van der Waals surface area contributed by atoms with Gasteiger partial charge in [0.05, 0.1) is 5.69 Å². The summed E-state index contributed by atoms with van der Waals surface area (Å²) in [7, 11) is 0. The van der Waals surface area contributed by atoms with E-state index < -0.39 is 6.09 Å². The monoisotopic (exact) mass is 376 g/mol. The van der Waals surface area contributed by atoms with E-state index >= 15 is 0 Å². The van der Waals surface area contributed by atoms with E-state index in [1.54, 1.807) is 4.90 Å². The van der Waals surface area contributed by atoms with Crippen LogP contribution >= 0.6 is 0 Å². The maximum absolute atomic E-state index is 11.7. The number of carbonyl (C=O) groups is 1. The van der Waals surface area contributed by atoms with Crippen LogP contribution in [0.4, 0.5) is 10.6 Å². The Labute approximate surface area is 164 Å². The molecule has 1 saturated heterocycles.